The van der Waals surface area contributed by atoms with Gasteiger partial charge in [0.25, 0.3) is 5.91 Å². The fourth-order valence-electron chi connectivity index (χ4n) is 3.45. The molecule has 0 bridgehead atoms. The predicted molar refractivity (Wildman–Crippen MR) is 181 cm³/mol. The van der Waals surface area contributed by atoms with Crippen molar-refractivity contribution in [1.82, 2.24) is 5.32 Å². The van der Waals surface area contributed by atoms with Crippen LogP contribution in [0.3, 0.4) is 0 Å². The minimum atomic E-state index is -1.92. The van der Waals surface area contributed by atoms with Crippen molar-refractivity contribution in [1.29, 1.82) is 0 Å². The van der Waals surface area contributed by atoms with Gasteiger partial charge in [0.15, 0.2) is 6.10 Å². The molecular weight excluding hydrogens is 586 g/mol. The van der Waals surface area contributed by atoms with Crippen LogP contribution in [0.15, 0.2) is 72.9 Å². The SMILES string of the molecule is CC/C=C\C/C=C\C/C=C\C/C=C\C/C=C\C/C=C\CCC(=O)CCCSSCCNC(=O)[C@H](O)[C@@H](O)[C@H](O)[C@H](O)CO. The topological polar surface area (TPSA) is 147 Å². The number of hydrogen-bond acceptors (Lipinski definition) is 9. The van der Waals surface area contributed by atoms with Gasteiger partial charge in [-0.25, -0.2) is 0 Å². The Kier molecular flexibility index (Phi) is 28.8. The fourth-order valence-corrected chi connectivity index (χ4v) is 5.45. The van der Waals surface area contributed by atoms with Crippen molar-refractivity contribution < 1.29 is 35.1 Å². The molecule has 6 N–H and O–H groups in total. The van der Waals surface area contributed by atoms with Gasteiger partial charge in [-0.15, -0.1) is 0 Å². The molecule has 0 spiro atoms. The molecule has 0 rings (SSSR count). The first kappa shape index (κ1) is 41.1. The molecule has 0 aromatic heterocycles. The van der Waals surface area contributed by atoms with Gasteiger partial charge in [0.2, 0.25) is 0 Å². The first-order valence-electron chi connectivity index (χ1n) is 15.1. The number of Topliss-reactive ketones (excluding diaryl/α,β-unsaturated/α-hetero) is 1. The number of carbonyl (C=O) groups is 2. The molecular formula is C33H53NO7S2. The van der Waals surface area contributed by atoms with E-state index >= 15 is 0 Å². The van der Waals surface area contributed by atoms with Crippen LogP contribution in [0, 0.1) is 0 Å². The van der Waals surface area contributed by atoms with Crippen LogP contribution in [-0.2, 0) is 9.59 Å². The van der Waals surface area contributed by atoms with Gasteiger partial charge in [0, 0.05) is 30.9 Å². The van der Waals surface area contributed by atoms with Gasteiger partial charge in [0.05, 0.1) is 6.61 Å². The van der Waals surface area contributed by atoms with E-state index in [9.17, 15) is 30.0 Å². The van der Waals surface area contributed by atoms with Crippen molar-refractivity contribution in [3.8, 4) is 0 Å². The monoisotopic (exact) mass is 639 g/mol. The predicted octanol–water partition coefficient (Wildman–Crippen LogP) is 4.75. The summed E-state index contributed by atoms with van der Waals surface area (Å²) in [5.41, 5.74) is 0. The molecule has 0 heterocycles. The minimum absolute atomic E-state index is 0.240. The first-order valence-corrected chi connectivity index (χ1v) is 17.6. The molecule has 0 aromatic carbocycles. The normalized spacial score (nSPS) is 15.5. The highest BCUT2D eigenvalue weighted by atomic mass is 33.1. The third-order valence-electron chi connectivity index (χ3n) is 5.96. The van der Waals surface area contributed by atoms with Crippen LogP contribution >= 0.6 is 21.6 Å². The number of allylic oxidation sites excluding steroid dienone is 12. The highest BCUT2D eigenvalue weighted by molar-refractivity contribution is 8.76. The molecule has 0 aliphatic rings. The second-order valence-corrected chi connectivity index (χ2v) is 12.4. The lowest BCUT2D eigenvalue weighted by Crippen LogP contribution is -2.51. The maximum absolute atomic E-state index is 12.0. The summed E-state index contributed by atoms with van der Waals surface area (Å²) in [7, 11) is 3.11. The van der Waals surface area contributed by atoms with Crippen molar-refractivity contribution in [2.75, 3.05) is 24.7 Å². The zero-order valence-electron chi connectivity index (χ0n) is 25.5. The van der Waals surface area contributed by atoms with Crippen LogP contribution in [-0.4, -0.2) is 86.3 Å². The van der Waals surface area contributed by atoms with E-state index < -0.39 is 36.9 Å². The summed E-state index contributed by atoms with van der Waals surface area (Å²) in [6, 6.07) is 0. The van der Waals surface area contributed by atoms with Gasteiger partial charge in [-0.05, 0) is 51.4 Å². The number of hydrogen-bond donors (Lipinski definition) is 6. The van der Waals surface area contributed by atoms with Gasteiger partial charge in [-0.3, -0.25) is 9.59 Å². The largest absolute Gasteiger partial charge is 0.394 e. The molecule has 0 saturated carbocycles. The number of ketones is 1. The molecule has 0 unspecified atom stereocenters. The Morgan fingerprint density at radius 3 is 1.67 bits per heavy atom. The van der Waals surface area contributed by atoms with Crippen LogP contribution in [0.5, 0.6) is 0 Å². The lowest BCUT2D eigenvalue weighted by Gasteiger charge is -2.24. The standard InChI is InChI=1S/C33H53NO7S2/c1-2-3-4-5-6-7-8-9-10-11-12-13-14-15-16-17-18-19-20-22-28(36)23-21-25-42-43-26-24-34-33(41)32(40)31(39)30(38)29(37)27-35/h3-4,6-7,9-10,12-13,15-16,18-19,29-32,35,37-40H,2,5,8,11,14,17,20-27H2,1H3,(H,34,41)/b4-3-,7-6-,10-9-,13-12-,16-15-,19-18-/t29-,30-,31+,32-/m1/s1. The second kappa shape index (κ2) is 30.1. The summed E-state index contributed by atoms with van der Waals surface area (Å²) in [4.78, 5) is 23.9. The summed E-state index contributed by atoms with van der Waals surface area (Å²) in [5.74, 6) is 0.729. The van der Waals surface area contributed by atoms with Crippen molar-refractivity contribution in [2.45, 2.75) is 95.5 Å². The van der Waals surface area contributed by atoms with Crippen LogP contribution in [0.25, 0.3) is 0 Å². The molecule has 0 radical (unpaired) electrons. The number of amides is 1. The molecule has 8 nitrogen and oxygen atoms in total. The number of aliphatic hydroxyl groups excluding tert-OH is 5. The Balaban J connectivity index is 3.69. The summed E-state index contributed by atoms with van der Waals surface area (Å²) < 4.78 is 0. The van der Waals surface area contributed by atoms with Gasteiger partial charge < -0.3 is 30.8 Å². The molecule has 0 aliphatic heterocycles. The quantitative estimate of drug-likeness (QED) is 0.0426. The Labute approximate surface area is 266 Å². The molecule has 244 valence electrons. The first-order chi connectivity index (χ1) is 20.8. The zero-order chi connectivity index (χ0) is 32.0. The van der Waals surface area contributed by atoms with E-state index in [1.807, 2.05) is 0 Å². The van der Waals surface area contributed by atoms with E-state index in [2.05, 4.69) is 85.2 Å². The molecule has 0 fully saturated rings. The Hall–Kier alpha value is -1.92. The third-order valence-corrected chi connectivity index (χ3v) is 8.45. The van der Waals surface area contributed by atoms with E-state index in [-0.39, 0.29) is 12.3 Å². The third kappa shape index (κ3) is 25.1. The minimum Gasteiger partial charge on any atom is -0.394 e. The maximum atomic E-state index is 12.0. The van der Waals surface area contributed by atoms with E-state index in [1.165, 1.54) is 10.8 Å². The van der Waals surface area contributed by atoms with Crippen LogP contribution in [0.2, 0.25) is 0 Å². The highest BCUT2D eigenvalue weighted by Gasteiger charge is 2.33. The maximum Gasteiger partial charge on any atom is 0.251 e. The summed E-state index contributed by atoms with van der Waals surface area (Å²) in [6.45, 7) is 1.57. The van der Waals surface area contributed by atoms with Crippen molar-refractivity contribution in [2.24, 2.45) is 0 Å². The number of carbonyl (C=O) groups excluding carboxylic acids is 2. The molecule has 0 aromatic rings. The van der Waals surface area contributed by atoms with Gasteiger partial charge in [-0.2, -0.15) is 0 Å². The Morgan fingerprint density at radius 2 is 1.16 bits per heavy atom. The molecule has 0 saturated heterocycles. The smallest absolute Gasteiger partial charge is 0.251 e. The Bertz CT molecular complexity index is 886. The fraction of sp³-hybridized carbons (Fsp3) is 0.576. The number of nitrogens with one attached hydrogen (secondary N) is 1. The lowest BCUT2D eigenvalue weighted by atomic mass is 10.0. The van der Waals surface area contributed by atoms with Crippen molar-refractivity contribution in [3.63, 3.8) is 0 Å². The zero-order valence-corrected chi connectivity index (χ0v) is 27.1. The second-order valence-electron chi connectivity index (χ2n) is 9.71. The Morgan fingerprint density at radius 1 is 0.674 bits per heavy atom. The van der Waals surface area contributed by atoms with E-state index in [1.54, 1.807) is 10.8 Å². The number of aliphatic hydroxyl groups is 5. The van der Waals surface area contributed by atoms with Gasteiger partial charge in [0.1, 0.15) is 24.1 Å². The van der Waals surface area contributed by atoms with E-state index in [4.69, 9.17) is 5.11 Å². The van der Waals surface area contributed by atoms with Gasteiger partial charge in [-0.1, -0.05) is 101 Å². The van der Waals surface area contributed by atoms with Crippen molar-refractivity contribution in [3.05, 3.63) is 72.9 Å². The average molecular weight is 640 g/mol. The van der Waals surface area contributed by atoms with E-state index in [0.29, 0.717) is 18.6 Å². The average Bonchev–Trinajstić information content (AvgIpc) is 3.01. The molecule has 0 aliphatic carbocycles. The van der Waals surface area contributed by atoms with Crippen LogP contribution in [0.4, 0.5) is 0 Å². The summed E-state index contributed by atoms with van der Waals surface area (Å²) in [6.07, 6.45) is 27.0. The van der Waals surface area contributed by atoms with E-state index in [0.717, 1.165) is 57.1 Å². The summed E-state index contributed by atoms with van der Waals surface area (Å²) in [5, 5.41) is 49.5. The molecule has 4 atom stereocenters. The molecule has 10 heteroatoms. The molecule has 43 heavy (non-hydrogen) atoms. The highest BCUT2D eigenvalue weighted by Crippen LogP contribution is 2.22. The van der Waals surface area contributed by atoms with Gasteiger partial charge >= 0.3 is 0 Å². The lowest BCUT2D eigenvalue weighted by molar-refractivity contribution is -0.148. The number of rotatable bonds is 27. The summed E-state index contributed by atoms with van der Waals surface area (Å²) >= 11 is 0. The van der Waals surface area contributed by atoms with Crippen molar-refractivity contribution >= 4 is 33.3 Å². The van der Waals surface area contributed by atoms with Crippen LogP contribution < -0.4 is 5.32 Å². The molecule has 1 amide bonds. The van der Waals surface area contributed by atoms with Crippen LogP contribution in [0.1, 0.15) is 71.1 Å².